The number of nitrogens with one attached hydrogen (secondary N) is 1. The van der Waals surface area contributed by atoms with Gasteiger partial charge in [0.1, 0.15) is 11.4 Å². The second-order valence-corrected chi connectivity index (χ2v) is 7.72. The van der Waals surface area contributed by atoms with Gasteiger partial charge in [-0.2, -0.15) is 0 Å². The normalized spacial score (nSPS) is 11.1. The van der Waals surface area contributed by atoms with E-state index in [1.54, 1.807) is 43.6 Å². The van der Waals surface area contributed by atoms with Gasteiger partial charge in [0.2, 0.25) is 0 Å². The maximum atomic E-state index is 13.4. The lowest BCUT2D eigenvalue weighted by Gasteiger charge is -2.16. The average molecular weight is 453 g/mol. The molecule has 0 atom stereocenters. The molecule has 0 saturated carbocycles. The highest BCUT2D eigenvalue weighted by Crippen LogP contribution is 2.33. The maximum absolute atomic E-state index is 13.4. The molecule has 0 aliphatic heterocycles. The average Bonchev–Trinajstić information content (AvgIpc) is 2.78. The minimum absolute atomic E-state index is 0.0909. The number of aromatic nitrogens is 4. The Bertz CT molecular complexity index is 1370. The minimum atomic E-state index is -0.568. The quantitative estimate of drug-likeness (QED) is 0.445. The topological polar surface area (TPSA) is 110 Å². The molecule has 0 aliphatic carbocycles. The molecule has 0 fully saturated rings. The monoisotopic (exact) mass is 452 g/mol. The van der Waals surface area contributed by atoms with Crippen molar-refractivity contribution in [3.8, 4) is 11.5 Å². The molecule has 3 heterocycles. The molecule has 4 aromatic rings. The van der Waals surface area contributed by atoms with Crippen LogP contribution in [0.15, 0.2) is 58.4 Å². The van der Waals surface area contributed by atoms with E-state index >= 15 is 0 Å². The summed E-state index contributed by atoms with van der Waals surface area (Å²) in [6.45, 7) is 1.71. The van der Waals surface area contributed by atoms with E-state index in [1.165, 1.54) is 0 Å². The van der Waals surface area contributed by atoms with Crippen LogP contribution in [0.3, 0.4) is 0 Å². The molecule has 0 spiro atoms. The zero-order chi connectivity index (χ0) is 22.7. The molecule has 164 valence electrons. The van der Waals surface area contributed by atoms with Gasteiger partial charge < -0.3 is 9.84 Å². The van der Waals surface area contributed by atoms with Gasteiger partial charge in [-0.1, -0.05) is 23.7 Å². The van der Waals surface area contributed by atoms with Gasteiger partial charge in [0.25, 0.3) is 5.56 Å². The molecule has 2 N–H and O–H groups in total. The Morgan fingerprint density at radius 3 is 2.66 bits per heavy atom. The van der Waals surface area contributed by atoms with Crippen LogP contribution in [0.2, 0.25) is 5.02 Å². The summed E-state index contributed by atoms with van der Waals surface area (Å²) >= 11 is 6.03. The summed E-state index contributed by atoms with van der Waals surface area (Å²) in [6, 6.07) is 10.8. The van der Waals surface area contributed by atoms with E-state index in [4.69, 9.17) is 21.4 Å². The minimum Gasteiger partial charge on any atom is -0.454 e. The first-order chi connectivity index (χ1) is 15.5. The van der Waals surface area contributed by atoms with Crippen molar-refractivity contribution in [1.29, 1.82) is 0 Å². The van der Waals surface area contributed by atoms with E-state index in [1.807, 2.05) is 12.1 Å². The number of ether oxygens (including phenoxy) is 1. The van der Waals surface area contributed by atoms with E-state index in [-0.39, 0.29) is 30.6 Å². The van der Waals surface area contributed by atoms with Gasteiger partial charge in [-0.15, -0.1) is 0 Å². The first kappa shape index (κ1) is 21.7. The number of aliphatic hydroxyl groups is 1. The van der Waals surface area contributed by atoms with Crippen molar-refractivity contribution in [2.24, 2.45) is 0 Å². The number of benzene rings is 1. The number of H-pyrrole nitrogens is 1. The molecular formula is C23H21ClN4O4. The van der Waals surface area contributed by atoms with E-state index in [0.717, 1.165) is 10.1 Å². The highest BCUT2D eigenvalue weighted by molar-refractivity contribution is 6.30. The van der Waals surface area contributed by atoms with Crippen LogP contribution in [0.5, 0.6) is 11.5 Å². The lowest BCUT2D eigenvalue weighted by atomic mass is 10.0. The first-order valence-corrected chi connectivity index (χ1v) is 10.4. The number of rotatable bonds is 7. The number of aryl methyl sites for hydroxylation is 1. The summed E-state index contributed by atoms with van der Waals surface area (Å²) in [5.74, 6) is 0.928. The molecule has 0 unspecified atom stereocenters. The van der Waals surface area contributed by atoms with Crippen molar-refractivity contribution in [2.75, 3.05) is 6.61 Å². The Morgan fingerprint density at radius 1 is 1.19 bits per heavy atom. The second kappa shape index (κ2) is 9.33. The van der Waals surface area contributed by atoms with Gasteiger partial charge in [-0.25, -0.2) is 9.78 Å². The number of fused-ring (bicyclic) bond motifs is 1. The number of nitrogens with zero attached hydrogens (tertiary/aromatic N) is 3. The van der Waals surface area contributed by atoms with Crippen LogP contribution in [-0.4, -0.2) is 31.2 Å². The highest BCUT2D eigenvalue weighted by atomic mass is 35.5. The van der Waals surface area contributed by atoms with Crippen LogP contribution in [0, 0.1) is 6.92 Å². The van der Waals surface area contributed by atoms with Crippen molar-refractivity contribution < 1.29 is 9.84 Å². The van der Waals surface area contributed by atoms with Crippen LogP contribution < -0.4 is 16.0 Å². The number of aliphatic hydroxyl groups excluding tert-OH is 1. The molecule has 32 heavy (non-hydrogen) atoms. The molecule has 8 nitrogen and oxygen atoms in total. The number of hydrogen-bond donors (Lipinski definition) is 2. The van der Waals surface area contributed by atoms with Crippen LogP contribution in [0.1, 0.15) is 23.2 Å². The molecule has 0 saturated heterocycles. The molecule has 0 bridgehead atoms. The Labute approximate surface area is 188 Å². The molecule has 0 amide bonds. The zero-order valence-corrected chi connectivity index (χ0v) is 18.1. The van der Waals surface area contributed by atoms with Crippen LogP contribution in [0.4, 0.5) is 0 Å². The fourth-order valence-electron chi connectivity index (χ4n) is 3.53. The maximum Gasteiger partial charge on any atom is 0.329 e. The largest absolute Gasteiger partial charge is 0.454 e. The third kappa shape index (κ3) is 4.42. The standard InChI is InChI=1S/C23H21ClN4O4/c1-14-20(32-17-4-2-9-25-13-17)18(12-15-5-7-16(24)8-6-15)19-21(26-14)27-23(31)28(22(19)30)10-3-11-29/h2,4-9,13,29H,3,10-12H2,1H3,(H,26,27,31). The lowest BCUT2D eigenvalue weighted by Crippen LogP contribution is -2.36. The second-order valence-electron chi connectivity index (χ2n) is 7.29. The number of hydrogen-bond acceptors (Lipinski definition) is 6. The van der Waals surface area contributed by atoms with E-state index in [9.17, 15) is 9.59 Å². The van der Waals surface area contributed by atoms with Crippen molar-refractivity contribution in [1.82, 2.24) is 19.5 Å². The van der Waals surface area contributed by atoms with Gasteiger partial charge in [-0.3, -0.25) is 19.3 Å². The number of aromatic amines is 1. The smallest absolute Gasteiger partial charge is 0.329 e. The lowest BCUT2D eigenvalue weighted by molar-refractivity contribution is 0.278. The first-order valence-electron chi connectivity index (χ1n) is 10.1. The summed E-state index contributed by atoms with van der Waals surface area (Å²) in [7, 11) is 0. The fourth-order valence-corrected chi connectivity index (χ4v) is 3.66. The summed E-state index contributed by atoms with van der Waals surface area (Å²) < 4.78 is 7.20. The SMILES string of the molecule is Cc1nc2[nH]c(=O)n(CCCO)c(=O)c2c(Cc2ccc(Cl)cc2)c1Oc1cccnc1. The van der Waals surface area contributed by atoms with Gasteiger partial charge in [0.15, 0.2) is 5.75 Å². The number of halogens is 1. The van der Waals surface area contributed by atoms with Crippen molar-refractivity contribution >= 4 is 22.6 Å². The summed E-state index contributed by atoms with van der Waals surface area (Å²) in [5.41, 5.74) is 1.17. The molecule has 0 aliphatic rings. The van der Waals surface area contributed by atoms with Crippen LogP contribution in [0.25, 0.3) is 11.0 Å². The summed E-state index contributed by atoms with van der Waals surface area (Å²) in [6.07, 6.45) is 3.84. The Balaban J connectivity index is 1.97. The number of pyridine rings is 2. The van der Waals surface area contributed by atoms with E-state index in [0.29, 0.717) is 34.2 Å². The van der Waals surface area contributed by atoms with Crippen molar-refractivity contribution in [2.45, 2.75) is 26.3 Å². The summed E-state index contributed by atoms with van der Waals surface area (Å²) in [4.78, 5) is 37.1. The third-order valence-electron chi connectivity index (χ3n) is 5.04. The van der Waals surface area contributed by atoms with Gasteiger partial charge >= 0.3 is 5.69 Å². The fraction of sp³-hybridized carbons (Fsp3) is 0.217. The Hall–Kier alpha value is -3.49. The molecule has 4 rings (SSSR count). The Morgan fingerprint density at radius 2 is 1.97 bits per heavy atom. The molecule has 0 radical (unpaired) electrons. The van der Waals surface area contributed by atoms with Gasteiger partial charge in [0, 0.05) is 36.4 Å². The van der Waals surface area contributed by atoms with Gasteiger partial charge in [0.05, 0.1) is 17.3 Å². The predicted octanol–water partition coefficient (Wildman–Crippen LogP) is 3.21. The highest BCUT2D eigenvalue weighted by Gasteiger charge is 2.21. The predicted molar refractivity (Wildman–Crippen MR) is 122 cm³/mol. The van der Waals surface area contributed by atoms with Crippen molar-refractivity contribution in [3.63, 3.8) is 0 Å². The van der Waals surface area contributed by atoms with Crippen molar-refractivity contribution in [3.05, 3.63) is 91.5 Å². The van der Waals surface area contributed by atoms with E-state index < -0.39 is 11.2 Å². The van der Waals surface area contributed by atoms with Crippen LogP contribution in [-0.2, 0) is 13.0 Å². The van der Waals surface area contributed by atoms with Gasteiger partial charge in [-0.05, 0) is 43.2 Å². The van der Waals surface area contributed by atoms with Crippen LogP contribution >= 0.6 is 11.6 Å². The molecule has 9 heteroatoms. The molecule has 1 aromatic carbocycles. The Kier molecular flexibility index (Phi) is 6.34. The summed E-state index contributed by atoms with van der Waals surface area (Å²) in [5, 5.41) is 10.0. The molecular weight excluding hydrogens is 432 g/mol. The zero-order valence-electron chi connectivity index (χ0n) is 17.3. The molecule has 3 aromatic heterocycles. The van der Waals surface area contributed by atoms with E-state index in [2.05, 4.69) is 15.0 Å². The third-order valence-corrected chi connectivity index (χ3v) is 5.29.